The molecule has 6 nitrogen and oxygen atoms in total. The maximum atomic E-state index is 12.8. The third kappa shape index (κ3) is 5.31. The van der Waals surface area contributed by atoms with Gasteiger partial charge in [-0.05, 0) is 56.4 Å². The van der Waals surface area contributed by atoms with E-state index in [4.69, 9.17) is 11.6 Å². The van der Waals surface area contributed by atoms with Gasteiger partial charge in [0.1, 0.15) is 10.7 Å². The van der Waals surface area contributed by atoms with Gasteiger partial charge in [-0.2, -0.15) is 8.42 Å². The second kappa shape index (κ2) is 9.69. The van der Waals surface area contributed by atoms with Crippen molar-refractivity contribution in [3.05, 3.63) is 75.8 Å². The van der Waals surface area contributed by atoms with Crippen molar-refractivity contribution in [2.24, 2.45) is 10.3 Å². The van der Waals surface area contributed by atoms with Gasteiger partial charge in [0, 0.05) is 36.1 Å². The second-order valence-electron chi connectivity index (χ2n) is 8.64. The number of aryl methyl sites for hydroxylation is 1. The average molecular weight is 486 g/mol. The van der Waals surface area contributed by atoms with Crippen molar-refractivity contribution in [1.82, 2.24) is 10.2 Å². The summed E-state index contributed by atoms with van der Waals surface area (Å²) in [5, 5.41) is 3.60. The standard InChI is InChI=1S/C25H28ClN3O3S/c1-17-3-5-19(6-4-17)11-14-27-25(30)21-12-15-29(16-13-21)24-18(2)23(33(31,32)28-24)20-7-9-22(26)10-8-20/h3-10,21H,11-16H2,1-2H3,(H,27,30). The molecule has 0 aromatic heterocycles. The van der Waals surface area contributed by atoms with E-state index in [1.54, 1.807) is 31.2 Å². The van der Waals surface area contributed by atoms with Crippen molar-refractivity contribution in [1.29, 1.82) is 0 Å². The highest BCUT2D eigenvalue weighted by Gasteiger charge is 2.35. The van der Waals surface area contributed by atoms with Crippen LogP contribution in [-0.2, 0) is 21.2 Å². The normalized spacial score (nSPS) is 18.4. The first-order valence-corrected chi connectivity index (χ1v) is 13.0. The lowest BCUT2D eigenvalue weighted by Gasteiger charge is -2.32. The van der Waals surface area contributed by atoms with Gasteiger partial charge in [-0.25, -0.2) is 0 Å². The Kier molecular flexibility index (Phi) is 6.91. The minimum atomic E-state index is -3.77. The number of carbonyl (C=O) groups excluding carboxylic acids is 1. The summed E-state index contributed by atoms with van der Waals surface area (Å²) in [6, 6.07) is 15.1. The first kappa shape index (κ1) is 23.5. The fourth-order valence-electron chi connectivity index (χ4n) is 4.37. The van der Waals surface area contributed by atoms with E-state index >= 15 is 0 Å². The lowest BCUT2D eigenvalue weighted by atomic mass is 9.95. The quantitative estimate of drug-likeness (QED) is 0.688. The number of hydrogen-bond donors (Lipinski definition) is 1. The number of sulfonamides is 1. The number of piperidine rings is 1. The fraction of sp³-hybridized carbons (Fsp3) is 0.360. The van der Waals surface area contributed by atoms with Crippen molar-refractivity contribution in [2.75, 3.05) is 19.6 Å². The van der Waals surface area contributed by atoms with E-state index in [2.05, 4.69) is 40.9 Å². The molecule has 0 radical (unpaired) electrons. The summed E-state index contributed by atoms with van der Waals surface area (Å²) >= 11 is 5.95. The number of benzene rings is 2. The molecule has 0 atom stereocenters. The molecule has 1 N–H and O–H groups in total. The van der Waals surface area contributed by atoms with Crippen LogP contribution >= 0.6 is 11.6 Å². The number of halogens is 1. The Bertz CT molecular complexity index is 1190. The Labute approximate surface area is 200 Å². The van der Waals surface area contributed by atoms with E-state index in [0.717, 1.165) is 6.42 Å². The monoisotopic (exact) mass is 485 g/mol. The Morgan fingerprint density at radius 3 is 2.33 bits per heavy atom. The Morgan fingerprint density at radius 2 is 1.70 bits per heavy atom. The zero-order chi connectivity index (χ0) is 23.6. The second-order valence-corrected chi connectivity index (χ2v) is 10.6. The van der Waals surface area contributed by atoms with Crippen LogP contribution in [-0.4, -0.2) is 44.7 Å². The molecule has 174 valence electrons. The van der Waals surface area contributed by atoms with E-state index in [0.29, 0.717) is 54.5 Å². The summed E-state index contributed by atoms with van der Waals surface area (Å²) in [5.41, 5.74) is 3.64. The number of hydrogen-bond acceptors (Lipinski definition) is 4. The molecule has 1 saturated heterocycles. The molecule has 0 bridgehead atoms. The van der Waals surface area contributed by atoms with Gasteiger partial charge in [0.05, 0.1) is 0 Å². The largest absolute Gasteiger partial charge is 0.356 e. The summed E-state index contributed by atoms with van der Waals surface area (Å²) in [6.45, 7) is 5.64. The van der Waals surface area contributed by atoms with Crippen molar-refractivity contribution in [3.63, 3.8) is 0 Å². The van der Waals surface area contributed by atoms with Gasteiger partial charge in [0.25, 0.3) is 10.0 Å². The molecule has 8 heteroatoms. The summed E-state index contributed by atoms with van der Waals surface area (Å²) in [6.07, 6.45) is 2.13. The minimum Gasteiger partial charge on any atom is -0.356 e. The molecule has 0 spiro atoms. The van der Waals surface area contributed by atoms with Crippen LogP contribution in [0.15, 0.2) is 58.5 Å². The van der Waals surface area contributed by atoms with Crippen molar-refractivity contribution < 1.29 is 13.2 Å². The zero-order valence-electron chi connectivity index (χ0n) is 18.8. The van der Waals surface area contributed by atoms with E-state index < -0.39 is 10.0 Å². The molecule has 1 amide bonds. The maximum Gasteiger partial charge on any atom is 0.285 e. The van der Waals surface area contributed by atoms with Crippen LogP contribution in [0.25, 0.3) is 4.91 Å². The highest BCUT2D eigenvalue weighted by Crippen LogP contribution is 2.35. The summed E-state index contributed by atoms with van der Waals surface area (Å²) < 4.78 is 29.6. The third-order valence-corrected chi connectivity index (χ3v) is 7.97. The van der Waals surface area contributed by atoms with E-state index in [1.807, 2.05) is 4.90 Å². The maximum absolute atomic E-state index is 12.8. The van der Waals surface area contributed by atoms with Crippen molar-refractivity contribution in [3.8, 4) is 0 Å². The van der Waals surface area contributed by atoms with E-state index in [-0.39, 0.29) is 16.7 Å². The van der Waals surface area contributed by atoms with Gasteiger partial charge < -0.3 is 10.2 Å². The Morgan fingerprint density at radius 1 is 1.06 bits per heavy atom. The fourth-order valence-corrected chi connectivity index (χ4v) is 5.98. The van der Waals surface area contributed by atoms with Gasteiger partial charge in [-0.1, -0.05) is 53.6 Å². The van der Waals surface area contributed by atoms with Gasteiger partial charge in [0.15, 0.2) is 0 Å². The number of carbonyl (C=O) groups is 1. The molecule has 1 fully saturated rings. The van der Waals surface area contributed by atoms with Crippen molar-refractivity contribution >= 4 is 38.3 Å². The van der Waals surface area contributed by atoms with E-state index in [1.165, 1.54) is 11.1 Å². The molecule has 2 aromatic carbocycles. The van der Waals surface area contributed by atoms with Crippen LogP contribution in [0, 0.1) is 12.8 Å². The van der Waals surface area contributed by atoms with E-state index in [9.17, 15) is 13.2 Å². The van der Waals surface area contributed by atoms with Crippen LogP contribution in [0.1, 0.15) is 36.5 Å². The predicted molar refractivity (Wildman–Crippen MR) is 133 cm³/mol. The molecule has 4 rings (SSSR count). The Hall–Kier alpha value is -2.64. The SMILES string of the molecule is CC1=C(c2ccc(Cl)cc2)S(=O)(=O)N=C1N1CCC(C(=O)NCCc2ccc(C)cc2)CC1. The van der Waals surface area contributed by atoms with Gasteiger partial charge in [0.2, 0.25) is 5.91 Å². The number of nitrogens with zero attached hydrogens (tertiary/aromatic N) is 2. The van der Waals surface area contributed by atoms with Crippen LogP contribution in [0.5, 0.6) is 0 Å². The highest BCUT2D eigenvalue weighted by molar-refractivity contribution is 8.00. The lowest BCUT2D eigenvalue weighted by Crippen LogP contribution is -2.43. The number of amides is 1. The number of amidine groups is 1. The smallest absolute Gasteiger partial charge is 0.285 e. The number of rotatable bonds is 5. The number of likely N-dealkylation sites (tertiary alicyclic amines) is 1. The molecule has 0 unspecified atom stereocenters. The van der Waals surface area contributed by atoms with Crippen LogP contribution in [0.2, 0.25) is 5.02 Å². The van der Waals surface area contributed by atoms with Gasteiger partial charge in [-0.3, -0.25) is 4.79 Å². The van der Waals surface area contributed by atoms with Gasteiger partial charge in [-0.15, -0.1) is 4.40 Å². The van der Waals surface area contributed by atoms with Crippen LogP contribution in [0.3, 0.4) is 0 Å². The highest BCUT2D eigenvalue weighted by atomic mass is 35.5. The average Bonchev–Trinajstić information content (AvgIpc) is 3.04. The zero-order valence-corrected chi connectivity index (χ0v) is 20.4. The van der Waals surface area contributed by atoms with Gasteiger partial charge >= 0.3 is 0 Å². The van der Waals surface area contributed by atoms with Crippen LogP contribution in [0.4, 0.5) is 0 Å². The topological polar surface area (TPSA) is 78.8 Å². The molecular weight excluding hydrogens is 458 g/mol. The van der Waals surface area contributed by atoms with Crippen molar-refractivity contribution in [2.45, 2.75) is 33.1 Å². The molecule has 0 aliphatic carbocycles. The first-order valence-electron chi connectivity index (χ1n) is 11.1. The summed E-state index contributed by atoms with van der Waals surface area (Å²) in [7, 11) is -3.77. The molecule has 2 aliphatic heterocycles. The predicted octanol–water partition coefficient (Wildman–Crippen LogP) is 4.19. The molecule has 2 heterocycles. The molecule has 0 saturated carbocycles. The third-order valence-electron chi connectivity index (χ3n) is 6.25. The molecule has 2 aromatic rings. The van der Waals surface area contributed by atoms with Crippen LogP contribution < -0.4 is 5.32 Å². The molecular formula is C25H28ClN3O3S. The lowest BCUT2D eigenvalue weighted by molar-refractivity contribution is -0.126. The minimum absolute atomic E-state index is 0.0665. The summed E-state index contributed by atoms with van der Waals surface area (Å²) in [4.78, 5) is 14.8. The summed E-state index contributed by atoms with van der Waals surface area (Å²) in [5.74, 6) is 0.480. The molecule has 33 heavy (non-hydrogen) atoms. The molecule has 2 aliphatic rings. The first-order chi connectivity index (χ1) is 15.7. The Balaban J connectivity index is 1.35. The number of nitrogens with one attached hydrogen (secondary N) is 1.